The number of esters is 1. The molecule has 3 amide bonds. The first-order valence-electron chi connectivity index (χ1n) is 7.96. The lowest BCUT2D eigenvalue weighted by Crippen LogP contribution is -2.47. The molecule has 0 saturated carbocycles. The molecule has 0 aromatic heterocycles. The molecule has 130 valence electrons. The molecule has 1 aliphatic rings. The molecular weight excluding hydrogens is 310 g/mol. The Morgan fingerprint density at radius 1 is 1.21 bits per heavy atom. The average Bonchev–Trinajstić information content (AvgIpc) is 3.08. The van der Waals surface area contributed by atoms with Crippen molar-refractivity contribution < 1.29 is 19.1 Å². The number of carbonyl (C=O) groups is 3. The highest BCUT2D eigenvalue weighted by atomic mass is 16.5. The molecule has 0 aliphatic carbocycles. The number of ether oxygens (including phenoxy) is 1. The molecule has 0 bridgehead atoms. The van der Waals surface area contributed by atoms with Crippen molar-refractivity contribution in [2.24, 2.45) is 0 Å². The zero-order valence-electron chi connectivity index (χ0n) is 14.0. The number of hydrogen-bond acceptors (Lipinski definition) is 4. The van der Waals surface area contributed by atoms with Crippen molar-refractivity contribution in [3.8, 4) is 0 Å². The summed E-state index contributed by atoms with van der Waals surface area (Å²) in [5, 5.41) is 5.22. The fraction of sp³-hybridized carbons (Fsp3) is 0.471. The van der Waals surface area contributed by atoms with Gasteiger partial charge in [-0.2, -0.15) is 0 Å². The van der Waals surface area contributed by atoms with E-state index in [-0.39, 0.29) is 12.5 Å². The van der Waals surface area contributed by atoms with Gasteiger partial charge >= 0.3 is 12.0 Å². The molecule has 1 aliphatic heterocycles. The van der Waals surface area contributed by atoms with Crippen molar-refractivity contribution in [2.75, 3.05) is 20.2 Å². The Labute approximate surface area is 141 Å². The highest BCUT2D eigenvalue weighted by Gasteiger charge is 2.34. The number of aryl methyl sites for hydroxylation is 1. The lowest BCUT2D eigenvalue weighted by atomic mass is 10.1. The first-order valence-corrected chi connectivity index (χ1v) is 7.96. The molecule has 0 spiro atoms. The van der Waals surface area contributed by atoms with E-state index >= 15 is 0 Å². The van der Waals surface area contributed by atoms with Crippen LogP contribution in [0.25, 0.3) is 0 Å². The van der Waals surface area contributed by atoms with Gasteiger partial charge in [0.05, 0.1) is 13.7 Å². The van der Waals surface area contributed by atoms with Crippen LogP contribution in [0.1, 0.15) is 24.0 Å². The molecule has 1 saturated heterocycles. The molecule has 7 heteroatoms. The number of urea groups is 1. The first-order chi connectivity index (χ1) is 11.5. The smallest absolute Gasteiger partial charge is 0.328 e. The maximum atomic E-state index is 12.2. The zero-order chi connectivity index (χ0) is 17.5. The lowest BCUT2D eigenvalue weighted by molar-refractivity contribution is -0.150. The topological polar surface area (TPSA) is 87.7 Å². The molecular formula is C17H23N3O4. The Hall–Kier alpha value is -2.57. The molecule has 0 unspecified atom stereocenters. The highest BCUT2D eigenvalue weighted by molar-refractivity contribution is 5.88. The maximum Gasteiger partial charge on any atom is 0.328 e. The van der Waals surface area contributed by atoms with Gasteiger partial charge in [0.25, 0.3) is 0 Å². The number of nitrogens with one attached hydrogen (secondary N) is 2. The number of nitrogens with zero attached hydrogens (tertiary/aromatic N) is 1. The summed E-state index contributed by atoms with van der Waals surface area (Å²) in [5.41, 5.74) is 2.13. The number of likely N-dealkylation sites (tertiary alicyclic amines) is 1. The monoisotopic (exact) mass is 333 g/mol. The lowest BCUT2D eigenvalue weighted by Gasteiger charge is -2.22. The third-order valence-electron chi connectivity index (χ3n) is 4.02. The van der Waals surface area contributed by atoms with Crippen molar-refractivity contribution in [2.45, 2.75) is 32.4 Å². The summed E-state index contributed by atoms with van der Waals surface area (Å²) in [6.07, 6.45) is 1.35. The van der Waals surface area contributed by atoms with Crippen LogP contribution in [0.5, 0.6) is 0 Å². The molecule has 2 N–H and O–H groups in total. The van der Waals surface area contributed by atoms with E-state index in [1.165, 1.54) is 12.0 Å². The summed E-state index contributed by atoms with van der Waals surface area (Å²) in [4.78, 5) is 37.1. The number of methoxy groups -OCH3 is 1. The minimum absolute atomic E-state index is 0.146. The number of hydrogen-bond donors (Lipinski definition) is 2. The Morgan fingerprint density at radius 3 is 2.58 bits per heavy atom. The minimum atomic E-state index is -0.542. The van der Waals surface area contributed by atoms with Crippen LogP contribution in [0, 0.1) is 6.92 Å². The first kappa shape index (κ1) is 17.8. The van der Waals surface area contributed by atoms with Gasteiger partial charge in [-0.1, -0.05) is 29.8 Å². The second kappa shape index (κ2) is 8.33. The van der Waals surface area contributed by atoms with Crippen LogP contribution in [-0.4, -0.2) is 49.0 Å². The number of benzene rings is 1. The van der Waals surface area contributed by atoms with Gasteiger partial charge in [-0.25, -0.2) is 9.59 Å². The van der Waals surface area contributed by atoms with E-state index in [1.54, 1.807) is 0 Å². The second-order valence-electron chi connectivity index (χ2n) is 5.79. The summed E-state index contributed by atoms with van der Waals surface area (Å²) in [7, 11) is 1.31. The van der Waals surface area contributed by atoms with Crippen molar-refractivity contribution >= 4 is 17.9 Å². The summed E-state index contributed by atoms with van der Waals surface area (Å²) in [6.45, 7) is 2.74. The standard InChI is InChI=1S/C17H23N3O4/c1-12-5-7-13(8-6-12)10-18-17(23)19-11-15(21)20-9-3-4-14(20)16(22)24-2/h5-8,14H,3-4,9-11H2,1-2H3,(H2,18,19,23)/t14-/m0/s1. The van der Waals surface area contributed by atoms with E-state index in [2.05, 4.69) is 10.6 Å². The van der Waals surface area contributed by atoms with E-state index < -0.39 is 18.0 Å². The van der Waals surface area contributed by atoms with E-state index in [4.69, 9.17) is 4.74 Å². The van der Waals surface area contributed by atoms with Crippen molar-refractivity contribution in [3.05, 3.63) is 35.4 Å². The maximum absolute atomic E-state index is 12.2. The van der Waals surface area contributed by atoms with Gasteiger partial charge in [-0.15, -0.1) is 0 Å². The fourth-order valence-corrected chi connectivity index (χ4v) is 2.65. The van der Waals surface area contributed by atoms with Crippen molar-refractivity contribution in [1.82, 2.24) is 15.5 Å². The second-order valence-corrected chi connectivity index (χ2v) is 5.79. The molecule has 2 rings (SSSR count). The van der Waals surface area contributed by atoms with Crippen LogP contribution < -0.4 is 10.6 Å². The molecule has 1 aromatic rings. The van der Waals surface area contributed by atoms with Gasteiger partial charge in [0.1, 0.15) is 6.04 Å². The fourth-order valence-electron chi connectivity index (χ4n) is 2.65. The molecule has 1 aromatic carbocycles. The Bertz CT molecular complexity index is 600. The normalized spacial score (nSPS) is 16.6. The summed E-state index contributed by atoms with van der Waals surface area (Å²) >= 11 is 0. The quantitative estimate of drug-likeness (QED) is 0.786. The van der Waals surface area contributed by atoms with Crippen LogP contribution in [0.4, 0.5) is 4.79 Å². The number of rotatable bonds is 5. The predicted molar refractivity (Wildman–Crippen MR) is 88.2 cm³/mol. The highest BCUT2D eigenvalue weighted by Crippen LogP contribution is 2.18. The van der Waals surface area contributed by atoms with Crippen LogP contribution in [0.2, 0.25) is 0 Å². The SMILES string of the molecule is COC(=O)[C@@H]1CCCN1C(=O)CNC(=O)NCc1ccc(C)cc1. The number of carbonyl (C=O) groups excluding carboxylic acids is 3. The van der Waals surface area contributed by atoms with Gasteiger partial charge in [0.15, 0.2) is 0 Å². The van der Waals surface area contributed by atoms with Gasteiger partial charge in [0.2, 0.25) is 5.91 Å². The van der Waals surface area contributed by atoms with Crippen LogP contribution in [-0.2, 0) is 20.9 Å². The van der Waals surface area contributed by atoms with E-state index in [0.29, 0.717) is 19.5 Å². The molecule has 24 heavy (non-hydrogen) atoms. The van der Waals surface area contributed by atoms with E-state index in [9.17, 15) is 14.4 Å². The molecule has 1 atom stereocenters. The molecule has 7 nitrogen and oxygen atoms in total. The van der Waals surface area contributed by atoms with Crippen molar-refractivity contribution in [3.63, 3.8) is 0 Å². The summed E-state index contributed by atoms with van der Waals surface area (Å²) < 4.78 is 4.70. The summed E-state index contributed by atoms with van der Waals surface area (Å²) in [6, 6.07) is 6.85. The van der Waals surface area contributed by atoms with Crippen LogP contribution in [0.3, 0.4) is 0 Å². The Kier molecular flexibility index (Phi) is 6.17. The number of amides is 3. The minimum Gasteiger partial charge on any atom is -0.467 e. The summed E-state index contributed by atoms with van der Waals surface area (Å²) in [5.74, 6) is -0.696. The third kappa shape index (κ3) is 4.71. The Balaban J connectivity index is 1.75. The van der Waals surface area contributed by atoms with Gasteiger partial charge < -0.3 is 20.3 Å². The van der Waals surface area contributed by atoms with Crippen molar-refractivity contribution in [1.29, 1.82) is 0 Å². The Morgan fingerprint density at radius 2 is 1.92 bits per heavy atom. The molecule has 1 heterocycles. The predicted octanol–water partition coefficient (Wildman–Crippen LogP) is 0.958. The van der Waals surface area contributed by atoms with E-state index in [0.717, 1.165) is 17.5 Å². The average molecular weight is 333 g/mol. The van der Waals surface area contributed by atoms with E-state index in [1.807, 2.05) is 31.2 Å². The zero-order valence-corrected chi connectivity index (χ0v) is 14.0. The molecule has 1 fully saturated rings. The van der Waals surface area contributed by atoms with Gasteiger partial charge in [-0.3, -0.25) is 4.79 Å². The largest absolute Gasteiger partial charge is 0.467 e. The van der Waals surface area contributed by atoms with Crippen LogP contribution >= 0.6 is 0 Å². The molecule has 0 radical (unpaired) electrons. The van der Waals surface area contributed by atoms with Gasteiger partial charge in [-0.05, 0) is 25.3 Å². The van der Waals surface area contributed by atoms with Gasteiger partial charge in [0, 0.05) is 13.1 Å². The van der Waals surface area contributed by atoms with Crippen LogP contribution in [0.15, 0.2) is 24.3 Å². The third-order valence-corrected chi connectivity index (χ3v) is 4.02.